The van der Waals surface area contributed by atoms with Crippen molar-refractivity contribution in [2.75, 3.05) is 7.11 Å². The van der Waals surface area contributed by atoms with Crippen LogP contribution in [0.1, 0.15) is 21.3 Å². The van der Waals surface area contributed by atoms with Gasteiger partial charge in [0, 0.05) is 23.1 Å². The van der Waals surface area contributed by atoms with Gasteiger partial charge >= 0.3 is 12.4 Å². The van der Waals surface area contributed by atoms with E-state index < -0.39 is 29.1 Å². The van der Waals surface area contributed by atoms with E-state index in [2.05, 4.69) is 9.97 Å². The molecule has 0 amide bonds. The van der Waals surface area contributed by atoms with Crippen molar-refractivity contribution in [3.05, 3.63) is 79.2 Å². The maximum absolute atomic E-state index is 13.6. The van der Waals surface area contributed by atoms with Crippen LogP contribution in [0, 0.1) is 6.92 Å². The first-order valence-corrected chi connectivity index (χ1v) is 11.5. The van der Waals surface area contributed by atoms with Crippen molar-refractivity contribution in [3.63, 3.8) is 0 Å². The van der Waals surface area contributed by atoms with Crippen LogP contribution in [0.25, 0.3) is 16.6 Å². The number of rotatable bonds is 5. The molecule has 0 saturated carbocycles. The minimum Gasteiger partial charge on any atom is -0.495 e. The highest BCUT2D eigenvalue weighted by molar-refractivity contribution is 7.11. The molecule has 0 aliphatic heterocycles. The Bertz CT molecular complexity index is 1520. The van der Waals surface area contributed by atoms with Crippen LogP contribution in [0.2, 0.25) is 5.02 Å². The van der Waals surface area contributed by atoms with Crippen LogP contribution in [0.4, 0.5) is 26.3 Å². The molecule has 0 saturated heterocycles. The monoisotopic (exact) mass is 563 g/mol. The number of aromatic nitrogens is 3. The van der Waals surface area contributed by atoms with Crippen molar-refractivity contribution in [2.45, 2.75) is 31.3 Å². The highest BCUT2D eigenvalue weighted by atomic mass is 35.5. The lowest BCUT2D eigenvalue weighted by Crippen LogP contribution is -2.53. The zero-order valence-electron chi connectivity index (χ0n) is 18.9. The molecule has 2 aromatic carbocycles. The summed E-state index contributed by atoms with van der Waals surface area (Å²) in [6.07, 6.45) is -10.4. The van der Waals surface area contributed by atoms with Gasteiger partial charge in [-0.05, 0) is 31.2 Å². The normalized spacial score (nSPS) is 12.8. The Morgan fingerprint density at radius 2 is 1.68 bits per heavy atom. The Labute approximate surface area is 213 Å². The van der Waals surface area contributed by atoms with Gasteiger partial charge in [-0.1, -0.05) is 23.7 Å². The van der Waals surface area contributed by atoms with Gasteiger partial charge in [0.1, 0.15) is 11.6 Å². The average molecular weight is 564 g/mol. The predicted molar refractivity (Wildman–Crippen MR) is 125 cm³/mol. The molecule has 0 bridgehead atoms. The van der Waals surface area contributed by atoms with E-state index >= 15 is 0 Å². The second kappa shape index (κ2) is 9.30. The number of aryl methyl sites for hydroxylation is 1. The number of ether oxygens (including phenoxy) is 1. The zero-order chi connectivity index (χ0) is 27.3. The number of benzene rings is 2. The summed E-state index contributed by atoms with van der Waals surface area (Å²) in [5.41, 5.74) is -7.17. The quantitative estimate of drug-likeness (QED) is 0.315. The highest BCUT2D eigenvalue weighted by Gasteiger charge is 2.71. The molecule has 4 rings (SSSR count). The van der Waals surface area contributed by atoms with E-state index in [0.29, 0.717) is 17.0 Å². The Hall–Kier alpha value is -3.16. The summed E-state index contributed by atoms with van der Waals surface area (Å²) < 4.78 is 86.0. The fraction of sp³-hybridized carbons (Fsp3) is 0.261. The van der Waals surface area contributed by atoms with Gasteiger partial charge in [0.2, 0.25) is 0 Å². The van der Waals surface area contributed by atoms with E-state index in [-0.39, 0.29) is 39.6 Å². The number of fused-ring (bicyclic) bond motifs is 1. The second-order valence-corrected chi connectivity index (χ2v) is 9.62. The molecule has 0 aliphatic carbocycles. The summed E-state index contributed by atoms with van der Waals surface area (Å²) in [4.78, 5) is 22.9. The number of methoxy groups -OCH3 is 1. The maximum atomic E-state index is 13.6. The molecule has 0 atom stereocenters. The minimum atomic E-state index is -6.05. The number of halogens is 7. The van der Waals surface area contributed by atoms with E-state index in [1.54, 1.807) is 13.1 Å². The van der Waals surface area contributed by atoms with Crippen LogP contribution >= 0.6 is 22.9 Å². The van der Waals surface area contributed by atoms with Crippen LogP contribution in [0.3, 0.4) is 0 Å². The molecule has 2 heterocycles. The van der Waals surface area contributed by atoms with Gasteiger partial charge < -0.3 is 9.84 Å². The van der Waals surface area contributed by atoms with Crippen LogP contribution < -0.4 is 10.3 Å². The van der Waals surface area contributed by atoms with Crippen LogP contribution in [-0.2, 0) is 12.0 Å². The second-order valence-electron chi connectivity index (χ2n) is 7.92. The number of thiazole rings is 1. The van der Waals surface area contributed by atoms with Gasteiger partial charge in [-0.3, -0.25) is 9.36 Å². The third-order valence-corrected chi connectivity index (χ3v) is 6.88. The molecule has 0 unspecified atom stereocenters. The number of hydrogen-bond acceptors (Lipinski definition) is 6. The van der Waals surface area contributed by atoms with Crippen LogP contribution in [-0.4, -0.2) is 39.1 Å². The van der Waals surface area contributed by atoms with Gasteiger partial charge in [0.25, 0.3) is 11.2 Å². The van der Waals surface area contributed by atoms with E-state index in [1.807, 2.05) is 0 Å². The van der Waals surface area contributed by atoms with Crippen molar-refractivity contribution in [1.82, 2.24) is 14.5 Å². The van der Waals surface area contributed by atoms with Gasteiger partial charge in [-0.25, -0.2) is 9.97 Å². The molecule has 6 nitrogen and oxygen atoms in total. The molecule has 0 aliphatic rings. The topological polar surface area (TPSA) is 77.2 Å². The molecule has 4 aromatic rings. The molecule has 0 radical (unpaired) electrons. The number of hydrogen-bond donors (Lipinski definition) is 1. The number of aliphatic hydroxyl groups is 1. The smallest absolute Gasteiger partial charge is 0.430 e. The minimum absolute atomic E-state index is 0.0589. The summed E-state index contributed by atoms with van der Waals surface area (Å²) in [6, 6.07) is 5.65. The first-order valence-electron chi connectivity index (χ1n) is 10.3. The lowest BCUT2D eigenvalue weighted by atomic mass is 9.92. The lowest BCUT2D eigenvalue weighted by Gasteiger charge is -2.32. The SMILES string of the molecule is COc1ccc2nc(Cc3cnc(C)s3)n(-c3ccc(C(O)(C(F)(F)F)C(F)(F)F)cc3)c(=O)c2c1Cl. The predicted octanol–water partition coefficient (Wildman–Crippen LogP) is 5.72. The summed E-state index contributed by atoms with van der Waals surface area (Å²) in [5, 5.41) is 10.3. The Balaban J connectivity index is 1.95. The molecule has 37 heavy (non-hydrogen) atoms. The van der Waals surface area contributed by atoms with E-state index in [0.717, 1.165) is 21.7 Å². The average Bonchev–Trinajstić information content (AvgIpc) is 3.22. The van der Waals surface area contributed by atoms with Crippen molar-refractivity contribution < 1.29 is 36.2 Å². The van der Waals surface area contributed by atoms with Crippen molar-refractivity contribution in [1.29, 1.82) is 0 Å². The van der Waals surface area contributed by atoms with Crippen molar-refractivity contribution >= 4 is 33.8 Å². The Kier molecular flexibility index (Phi) is 6.76. The molecule has 0 fully saturated rings. The Morgan fingerprint density at radius 1 is 1.05 bits per heavy atom. The standard InChI is InChI=1S/C23H16ClF6N3O3S/c1-11-31-10-14(37-11)9-17-32-15-7-8-16(36-2)19(24)18(15)20(34)33(17)13-5-3-12(4-6-13)21(35,22(25,26)27)23(28,29)30/h3-8,10,35H,9H2,1-2H3. The van der Waals surface area contributed by atoms with Gasteiger partial charge in [-0.15, -0.1) is 11.3 Å². The molecule has 1 N–H and O–H groups in total. The third kappa shape index (κ3) is 4.55. The molecule has 2 aromatic heterocycles. The molecule has 0 spiro atoms. The van der Waals surface area contributed by atoms with Gasteiger partial charge in [0.05, 0.1) is 33.7 Å². The van der Waals surface area contributed by atoms with E-state index in [1.165, 1.54) is 30.6 Å². The first-order chi connectivity index (χ1) is 17.2. The van der Waals surface area contributed by atoms with Crippen LogP contribution in [0.5, 0.6) is 5.75 Å². The molecular formula is C23H16ClF6N3O3S. The first kappa shape index (κ1) is 26.9. The fourth-order valence-corrected chi connectivity index (χ4v) is 4.90. The van der Waals surface area contributed by atoms with Gasteiger partial charge in [-0.2, -0.15) is 26.3 Å². The van der Waals surface area contributed by atoms with E-state index in [9.17, 15) is 36.2 Å². The summed E-state index contributed by atoms with van der Waals surface area (Å²) in [5.74, 6) is 0.304. The zero-order valence-corrected chi connectivity index (χ0v) is 20.5. The van der Waals surface area contributed by atoms with Crippen LogP contribution in [0.15, 0.2) is 47.4 Å². The largest absolute Gasteiger partial charge is 0.495 e. The number of alkyl halides is 6. The number of nitrogens with zero attached hydrogens (tertiary/aromatic N) is 3. The van der Waals surface area contributed by atoms with Crippen molar-refractivity contribution in [2.24, 2.45) is 0 Å². The highest BCUT2D eigenvalue weighted by Crippen LogP contribution is 2.50. The third-order valence-electron chi connectivity index (χ3n) is 5.59. The summed E-state index contributed by atoms with van der Waals surface area (Å²) >= 11 is 7.66. The maximum Gasteiger partial charge on any atom is 0.430 e. The lowest BCUT2D eigenvalue weighted by molar-refractivity contribution is -0.376. The summed E-state index contributed by atoms with van der Waals surface area (Å²) in [6.45, 7) is 1.77. The molecule has 14 heteroatoms. The van der Waals surface area contributed by atoms with Crippen molar-refractivity contribution in [3.8, 4) is 11.4 Å². The summed E-state index contributed by atoms with van der Waals surface area (Å²) in [7, 11) is 1.33. The fourth-order valence-electron chi connectivity index (χ4n) is 3.79. The van der Waals surface area contributed by atoms with E-state index in [4.69, 9.17) is 16.3 Å². The Morgan fingerprint density at radius 3 is 2.19 bits per heavy atom. The molecule has 196 valence electrons. The van der Waals surface area contributed by atoms with Gasteiger partial charge in [0.15, 0.2) is 0 Å². The molecular weight excluding hydrogens is 548 g/mol.